The van der Waals surface area contributed by atoms with Crippen LogP contribution in [0.2, 0.25) is 0 Å². The minimum Gasteiger partial charge on any atom is -0.467 e. The molecule has 0 spiro atoms. The summed E-state index contributed by atoms with van der Waals surface area (Å²) < 4.78 is 10.4. The number of hydrogen-bond acceptors (Lipinski definition) is 9. The number of carbonyl (C=O) groups is 6. The number of hydrogen-bond donors (Lipinski definition) is 3. The Morgan fingerprint density at radius 3 is 2.22 bits per heavy atom. The van der Waals surface area contributed by atoms with Crippen molar-refractivity contribution in [3.8, 4) is 11.1 Å². The molecule has 1 aliphatic heterocycles. The van der Waals surface area contributed by atoms with E-state index in [1.807, 2.05) is 44.2 Å². The first-order chi connectivity index (χ1) is 25.5. The average molecular weight is 741 g/mol. The van der Waals surface area contributed by atoms with Crippen molar-refractivity contribution in [2.45, 2.75) is 84.5 Å². The van der Waals surface area contributed by atoms with Crippen molar-refractivity contribution in [1.29, 1.82) is 0 Å². The van der Waals surface area contributed by atoms with Crippen molar-refractivity contribution in [1.82, 2.24) is 20.9 Å². The molecule has 3 N–H and O–H groups in total. The van der Waals surface area contributed by atoms with Gasteiger partial charge >= 0.3 is 12.1 Å². The van der Waals surface area contributed by atoms with Gasteiger partial charge in [0.2, 0.25) is 11.8 Å². The number of carbonyl (C=O) groups excluding carboxylic acids is 6. The Morgan fingerprint density at radius 1 is 0.926 bits per heavy atom. The molecule has 0 fully saturated rings. The minimum atomic E-state index is -1.12. The van der Waals surface area contributed by atoms with Crippen LogP contribution in [0.1, 0.15) is 79.2 Å². The van der Waals surface area contributed by atoms with Gasteiger partial charge in [0, 0.05) is 37.9 Å². The van der Waals surface area contributed by atoms with E-state index in [0.717, 1.165) is 27.8 Å². The lowest BCUT2D eigenvalue weighted by atomic mass is 9.87. The van der Waals surface area contributed by atoms with E-state index in [0.29, 0.717) is 11.1 Å². The number of ketones is 2. The topological polar surface area (TPSA) is 160 Å². The van der Waals surface area contributed by atoms with Crippen LogP contribution >= 0.6 is 0 Å². The Labute approximate surface area is 317 Å². The summed E-state index contributed by atoms with van der Waals surface area (Å²) in [4.78, 5) is 82.1. The first kappa shape index (κ1) is 41.4. The van der Waals surface area contributed by atoms with E-state index in [-0.39, 0.29) is 38.1 Å². The zero-order valence-corrected chi connectivity index (χ0v) is 32.4. The highest BCUT2D eigenvalue weighted by molar-refractivity contribution is 5.98. The lowest BCUT2D eigenvalue weighted by Gasteiger charge is -2.32. The molecule has 0 aromatic heterocycles. The number of rotatable bonds is 10. The van der Waals surface area contributed by atoms with Crippen LogP contribution in [0.15, 0.2) is 66.7 Å². The van der Waals surface area contributed by atoms with Crippen molar-refractivity contribution in [3.05, 3.63) is 94.5 Å². The summed E-state index contributed by atoms with van der Waals surface area (Å²) in [7, 11) is 2.78. The number of alkyl carbamates (subject to hydrolysis) is 1. The smallest absolute Gasteiger partial charge is 0.407 e. The quantitative estimate of drug-likeness (QED) is 0.191. The van der Waals surface area contributed by atoms with Crippen LogP contribution in [0.4, 0.5) is 4.79 Å². The maximum absolute atomic E-state index is 14.5. The highest BCUT2D eigenvalue weighted by Gasteiger charge is 2.35. The van der Waals surface area contributed by atoms with Gasteiger partial charge in [-0.05, 0) is 80.5 Å². The number of nitrogens with one attached hydrogen (secondary N) is 3. The maximum atomic E-state index is 14.5. The van der Waals surface area contributed by atoms with Crippen LogP contribution in [-0.4, -0.2) is 85.3 Å². The summed E-state index contributed by atoms with van der Waals surface area (Å²) >= 11 is 0. The molecule has 4 bridgehead atoms. The van der Waals surface area contributed by atoms with Crippen molar-refractivity contribution in [2.75, 3.05) is 27.2 Å². The van der Waals surface area contributed by atoms with Gasteiger partial charge in [-0.3, -0.25) is 24.5 Å². The number of amides is 3. The Balaban J connectivity index is 1.74. The van der Waals surface area contributed by atoms with E-state index in [9.17, 15) is 28.8 Å². The molecule has 1 heterocycles. The number of fused-ring (bicyclic) bond motifs is 5. The summed E-state index contributed by atoms with van der Waals surface area (Å²) in [5.74, 6) is -3.10. The number of Topliss-reactive ketones (excluding diaryl/α,β-unsaturated/α-hetero) is 2. The van der Waals surface area contributed by atoms with Gasteiger partial charge in [-0.25, -0.2) is 9.59 Å². The summed E-state index contributed by atoms with van der Waals surface area (Å²) in [6.07, 6.45) is -0.628. The van der Waals surface area contributed by atoms with Gasteiger partial charge in [0.15, 0.2) is 11.6 Å². The number of likely N-dealkylation sites (N-methyl/N-ethyl adjacent to an activating group) is 1. The predicted molar refractivity (Wildman–Crippen MR) is 205 cm³/mol. The fourth-order valence-corrected chi connectivity index (χ4v) is 6.46. The van der Waals surface area contributed by atoms with Gasteiger partial charge in [0.05, 0.1) is 19.7 Å². The van der Waals surface area contributed by atoms with Crippen molar-refractivity contribution in [2.24, 2.45) is 5.92 Å². The standard InChI is InChI=1S/C42H52N4O8/c1-25-14-16-28-21-31(25)32-23-30(17-15-26(32)2)37(35(47)20-27(3)38(49)45-34(22-28)40(51)53-8)46(7)39(50)33(18-19-43-41(52)54-42(4,5)6)44-24-36(48)29-12-10-9-11-13-29/h9-17,21,23,27,33-34,37,44H,18-20,22,24H2,1-8H3,(H,43,52)(H,45,49)/t27-,33+,34+,37+/m1/s1. The van der Waals surface area contributed by atoms with Gasteiger partial charge in [-0.15, -0.1) is 0 Å². The van der Waals surface area contributed by atoms with E-state index in [4.69, 9.17) is 9.47 Å². The number of esters is 1. The first-order valence-electron chi connectivity index (χ1n) is 18.2. The van der Waals surface area contributed by atoms with E-state index in [2.05, 4.69) is 16.0 Å². The third kappa shape index (κ3) is 10.8. The molecular formula is C42H52N4O8. The summed E-state index contributed by atoms with van der Waals surface area (Å²) in [6, 6.07) is 17.0. The molecule has 4 atom stereocenters. The summed E-state index contributed by atoms with van der Waals surface area (Å²) in [5.41, 5.74) is 4.70. The Morgan fingerprint density at radius 2 is 1.57 bits per heavy atom. The minimum absolute atomic E-state index is 0.0349. The zero-order valence-electron chi connectivity index (χ0n) is 32.4. The molecular weight excluding hydrogens is 688 g/mol. The van der Waals surface area contributed by atoms with Crippen LogP contribution in [-0.2, 0) is 35.1 Å². The molecule has 12 nitrogen and oxygen atoms in total. The molecule has 4 rings (SSSR count). The highest BCUT2D eigenvalue weighted by Crippen LogP contribution is 2.34. The van der Waals surface area contributed by atoms with Crippen LogP contribution in [0.5, 0.6) is 0 Å². The molecule has 0 unspecified atom stereocenters. The second-order valence-electron chi connectivity index (χ2n) is 14.9. The third-order valence-corrected chi connectivity index (χ3v) is 9.41. The molecule has 0 saturated carbocycles. The monoisotopic (exact) mass is 740 g/mol. The molecule has 0 saturated heterocycles. The van der Waals surface area contributed by atoms with E-state index >= 15 is 0 Å². The maximum Gasteiger partial charge on any atom is 0.407 e. The van der Waals surface area contributed by atoms with Crippen molar-refractivity contribution >= 4 is 35.4 Å². The number of benzene rings is 3. The largest absolute Gasteiger partial charge is 0.467 e. The van der Waals surface area contributed by atoms with Crippen LogP contribution in [0.25, 0.3) is 11.1 Å². The molecule has 0 radical (unpaired) electrons. The highest BCUT2D eigenvalue weighted by atomic mass is 16.6. The Hall–Kier alpha value is -5.36. The second kappa shape index (κ2) is 18.1. The Bertz CT molecular complexity index is 1870. The Kier molecular flexibility index (Phi) is 13.9. The first-order valence-corrected chi connectivity index (χ1v) is 18.2. The molecule has 1 aliphatic rings. The zero-order chi connectivity index (χ0) is 39.7. The summed E-state index contributed by atoms with van der Waals surface area (Å²) in [6.45, 7) is 10.6. The molecule has 3 aromatic rings. The fraction of sp³-hybridized carbons (Fsp3) is 0.429. The summed E-state index contributed by atoms with van der Waals surface area (Å²) in [5, 5.41) is 8.52. The lowest BCUT2D eigenvalue weighted by Crippen LogP contribution is -2.50. The van der Waals surface area contributed by atoms with Gasteiger partial charge in [0.25, 0.3) is 0 Å². The van der Waals surface area contributed by atoms with Gasteiger partial charge < -0.3 is 25.0 Å². The van der Waals surface area contributed by atoms with Crippen molar-refractivity contribution < 1.29 is 38.2 Å². The van der Waals surface area contributed by atoms with E-state index < -0.39 is 59.3 Å². The molecule has 3 amide bonds. The van der Waals surface area contributed by atoms with Gasteiger partial charge in [0.1, 0.15) is 17.7 Å². The molecule has 12 heteroatoms. The molecule has 0 aliphatic carbocycles. The fourth-order valence-electron chi connectivity index (χ4n) is 6.46. The third-order valence-electron chi connectivity index (χ3n) is 9.41. The average Bonchev–Trinajstić information content (AvgIpc) is 3.12. The second-order valence-corrected chi connectivity index (χ2v) is 14.9. The SMILES string of the molecule is COC(=O)[C@@H]1Cc2ccc(C)c(c2)-c2cc(ccc2C)[C@H](N(C)C(=O)[C@H](CCNC(=O)OC(C)(C)C)NCC(=O)c2ccccc2)C(=O)C[C@@H](C)C(=O)N1. The van der Waals surface area contributed by atoms with Crippen molar-refractivity contribution in [3.63, 3.8) is 0 Å². The number of methoxy groups -OCH3 is 1. The predicted octanol–water partition coefficient (Wildman–Crippen LogP) is 5.04. The lowest BCUT2D eigenvalue weighted by molar-refractivity contribution is -0.146. The van der Waals surface area contributed by atoms with Gasteiger partial charge in [-0.2, -0.15) is 0 Å². The van der Waals surface area contributed by atoms with E-state index in [1.54, 1.807) is 64.1 Å². The van der Waals surface area contributed by atoms with Crippen LogP contribution in [0, 0.1) is 19.8 Å². The van der Waals surface area contributed by atoms with Crippen LogP contribution in [0.3, 0.4) is 0 Å². The number of aryl methyl sites for hydroxylation is 2. The van der Waals surface area contributed by atoms with Gasteiger partial charge in [-0.1, -0.05) is 67.6 Å². The molecule has 54 heavy (non-hydrogen) atoms. The molecule has 288 valence electrons. The number of nitrogens with zero attached hydrogens (tertiary/aromatic N) is 1. The normalized spacial score (nSPS) is 18.0. The van der Waals surface area contributed by atoms with E-state index in [1.165, 1.54) is 19.1 Å². The number of ether oxygens (including phenoxy) is 2. The van der Waals surface area contributed by atoms with Crippen LogP contribution < -0.4 is 16.0 Å². The molecule has 3 aromatic carbocycles.